The fraction of sp³-hybridized carbons (Fsp3) is 0.290. The zero-order valence-electron chi connectivity index (χ0n) is 21.7. The van der Waals surface area contributed by atoms with Crippen molar-refractivity contribution in [3.8, 4) is 0 Å². The number of rotatable bonds is 11. The highest BCUT2D eigenvalue weighted by atomic mass is 16.5. The summed E-state index contributed by atoms with van der Waals surface area (Å²) >= 11 is 0. The standard InChI is InChI=1S/C31H32N2O6/c34-27-17-19-33(20-18-27)26-13-11-25(12-14-26)30(36)32-28(31(37)39-22-24-9-5-2-6-10-24)15-16-29(35)38-21-23-7-3-1-4-8-23/h1-14,28H,15-22H2,(H,32,36)/t28-/m0/s1. The number of ketones is 1. The number of carbonyl (C=O) groups is 4. The summed E-state index contributed by atoms with van der Waals surface area (Å²) in [6, 6.07) is 24.5. The van der Waals surface area contributed by atoms with Crippen molar-refractivity contribution < 1.29 is 28.7 Å². The second-order valence-electron chi connectivity index (χ2n) is 9.38. The number of carbonyl (C=O) groups excluding carboxylic acids is 4. The van der Waals surface area contributed by atoms with E-state index in [4.69, 9.17) is 9.47 Å². The smallest absolute Gasteiger partial charge is 0.328 e. The predicted molar refractivity (Wildman–Crippen MR) is 146 cm³/mol. The highest BCUT2D eigenvalue weighted by Gasteiger charge is 2.25. The van der Waals surface area contributed by atoms with Gasteiger partial charge in [0.1, 0.15) is 25.0 Å². The fourth-order valence-electron chi connectivity index (χ4n) is 4.23. The predicted octanol–water partition coefficient (Wildman–Crippen LogP) is 4.22. The molecule has 0 saturated carbocycles. The minimum absolute atomic E-state index is 0.0346. The number of nitrogens with zero attached hydrogens (tertiary/aromatic N) is 1. The van der Waals surface area contributed by atoms with Crippen LogP contribution in [0.1, 0.15) is 47.2 Å². The lowest BCUT2D eigenvalue weighted by atomic mass is 10.1. The molecule has 1 aliphatic heterocycles. The minimum Gasteiger partial charge on any atom is -0.461 e. The van der Waals surface area contributed by atoms with Crippen LogP contribution in [0.3, 0.4) is 0 Å². The van der Waals surface area contributed by atoms with Crippen LogP contribution in [0.25, 0.3) is 0 Å². The van der Waals surface area contributed by atoms with Gasteiger partial charge in [-0.3, -0.25) is 14.4 Å². The van der Waals surface area contributed by atoms with Gasteiger partial charge in [-0.25, -0.2) is 4.79 Å². The first-order valence-corrected chi connectivity index (χ1v) is 13.1. The van der Waals surface area contributed by atoms with Gasteiger partial charge in [-0.1, -0.05) is 60.7 Å². The Kier molecular flexibility index (Phi) is 9.83. The van der Waals surface area contributed by atoms with Gasteiger partial charge < -0.3 is 19.7 Å². The molecule has 8 nitrogen and oxygen atoms in total. The Hall–Kier alpha value is -4.46. The van der Waals surface area contributed by atoms with Gasteiger partial charge in [0.15, 0.2) is 0 Å². The van der Waals surface area contributed by atoms with Crippen LogP contribution >= 0.6 is 0 Å². The molecule has 39 heavy (non-hydrogen) atoms. The van der Waals surface area contributed by atoms with Crippen molar-refractivity contribution in [2.24, 2.45) is 0 Å². The molecule has 1 N–H and O–H groups in total. The second kappa shape index (κ2) is 13.9. The lowest BCUT2D eigenvalue weighted by Crippen LogP contribution is -2.42. The van der Waals surface area contributed by atoms with Gasteiger partial charge in [-0.2, -0.15) is 0 Å². The van der Waals surface area contributed by atoms with Crippen molar-refractivity contribution in [3.63, 3.8) is 0 Å². The summed E-state index contributed by atoms with van der Waals surface area (Å²) in [6.07, 6.45) is 1.00. The van der Waals surface area contributed by atoms with E-state index in [0.29, 0.717) is 31.5 Å². The zero-order chi connectivity index (χ0) is 27.5. The molecule has 3 aromatic rings. The second-order valence-corrected chi connectivity index (χ2v) is 9.38. The first kappa shape index (κ1) is 27.6. The molecule has 3 aromatic carbocycles. The topological polar surface area (TPSA) is 102 Å². The van der Waals surface area contributed by atoms with Crippen molar-refractivity contribution in [2.75, 3.05) is 18.0 Å². The van der Waals surface area contributed by atoms with Gasteiger partial charge in [0.25, 0.3) is 5.91 Å². The molecule has 202 valence electrons. The van der Waals surface area contributed by atoms with E-state index in [1.165, 1.54) is 0 Å². The van der Waals surface area contributed by atoms with Gasteiger partial charge >= 0.3 is 11.9 Å². The van der Waals surface area contributed by atoms with E-state index in [-0.39, 0.29) is 31.8 Å². The third-order valence-electron chi connectivity index (χ3n) is 6.51. The Morgan fingerprint density at radius 2 is 1.33 bits per heavy atom. The number of hydrogen-bond acceptors (Lipinski definition) is 7. The molecule has 8 heteroatoms. The Labute approximate surface area is 227 Å². The molecule has 0 radical (unpaired) electrons. The lowest BCUT2D eigenvalue weighted by molar-refractivity contribution is -0.148. The number of amides is 1. The van der Waals surface area contributed by atoms with E-state index < -0.39 is 23.9 Å². The van der Waals surface area contributed by atoms with Crippen molar-refractivity contribution >= 4 is 29.3 Å². The summed E-state index contributed by atoms with van der Waals surface area (Å²) in [5.41, 5.74) is 2.98. The quantitative estimate of drug-likeness (QED) is 0.372. The number of piperidine rings is 1. The van der Waals surface area contributed by atoms with Gasteiger partial charge in [-0.05, 0) is 41.8 Å². The summed E-state index contributed by atoms with van der Waals surface area (Å²) in [5.74, 6) is -1.29. The normalized spacial score (nSPS) is 13.8. The van der Waals surface area contributed by atoms with E-state index in [2.05, 4.69) is 10.2 Å². The number of esters is 2. The summed E-state index contributed by atoms with van der Waals surface area (Å²) in [6.45, 7) is 1.49. The Bertz CT molecular complexity index is 1250. The minimum atomic E-state index is -1.03. The van der Waals surface area contributed by atoms with Crippen LogP contribution in [0.4, 0.5) is 5.69 Å². The summed E-state index contributed by atoms with van der Waals surface area (Å²) in [7, 11) is 0. The number of anilines is 1. The van der Waals surface area contributed by atoms with E-state index >= 15 is 0 Å². The van der Waals surface area contributed by atoms with Gasteiger partial charge in [0.2, 0.25) is 0 Å². The largest absolute Gasteiger partial charge is 0.461 e. The number of nitrogens with one attached hydrogen (secondary N) is 1. The molecule has 1 amide bonds. The van der Waals surface area contributed by atoms with Gasteiger partial charge in [0, 0.05) is 43.6 Å². The molecule has 0 aromatic heterocycles. The van der Waals surface area contributed by atoms with E-state index in [9.17, 15) is 19.2 Å². The monoisotopic (exact) mass is 528 g/mol. The van der Waals surface area contributed by atoms with Crippen LogP contribution in [0.2, 0.25) is 0 Å². The third-order valence-corrected chi connectivity index (χ3v) is 6.51. The average Bonchev–Trinajstić information content (AvgIpc) is 2.98. The number of hydrogen-bond donors (Lipinski definition) is 1. The fourth-order valence-corrected chi connectivity index (χ4v) is 4.23. The molecule has 0 bridgehead atoms. The average molecular weight is 529 g/mol. The third kappa shape index (κ3) is 8.53. The SMILES string of the molecule is O=C1CCN(c2ccc(C(=O)N[C@@H](CCC(=O)OCc3ccccc3)C(=O)OCc3ccccc3)cc2)CC1. The lowest BCUT2D eigenvalue weighted by Gasteiger charge is -2.28. The van der Waals surface area contributed by atoms with E-state index in [1.54, 1.807) is 12.1 Å². The molecule has 1 saturated heterocycles. The molecule has 1 fully saturated rings. The first-order valence-electron chi connectivity index (χ1n) is 13.1. The number of ether oxygens (including phenoxy) is 2. The van der Waals surface area contributed by atoms with Crippen LogP contribution in [0.5, 0.6) is 0 Å². The maximum absolute atomic E-state index is 13.0. The van der Waals surface area contributed by atoms with Crippen molar-refractivity contribution in [1.29, 1.82) is 0 Å². The number of benzene rings is 3. The summed E-state index contributed by atoms with van der Waals surface area (Å²) < 4.78 is 10.8. The van der Waals surface area contributed by atoms with Crippen LogP contribution in [0.15, 0.2) is 84.9 Å². The van der Waals surface area contributed by atoms with E-state index in [0.717, 1.165) is 16.8 Å². The molecule has 0 aliphatic carbocycles. The Morgan fingerprint density at radius 1 is 0.769 bits per heavy atom. The van der Waals surface area contributed by atoms with E-state index in [1.807, 2.05) is 72.8 Å². The molecule has 4 rings (SSSR count). The molecular weight excluding hydrogens is 496 g/mol. The molecule has 1 heterocycles. The Balaban J connectivity index is 1.36. The summed E-state index contributed by atoms with van der Waals surface area (Å²) in [5, 5.41) is 2.72. The first-order chi connectivity index (χ1) is 19.0. The molecule has 1 aliphatic rings. The van der Waals surface area contributed by atoms with Crippen molar-refractivity contribution in [2.45, 2.75) is 44.9 Å². The molecule has 0 spiro atoms. The highest BCUT2D eigenvalue weighted by Crippen LogP contribution is 2.19. The Morgan fingerprint density at radius 3 is 1.92 bits per heavy atom. The van der Waals surface area contributed by atoms with Crippen LogP contribution in [0, 0.1) is 0 Å². The van der Waals surface area contributed by atoms with Crippen LogP contribution in [-0.2, 0) is 37.1 Å². The van der Waals surface area contributed by atoms with Gasteiger partial charge in [-0.15, -0.1) is 0 Å². The van der Waals surface area contributed by atoms with Crippen LogP contribution < -0.4 is 10.2 Å². The molecule has 1 atom stereocenters. The van der Waals surface area contributed by atoms with Crippen molar-refractivity contribution in [3.05, 3.63) is 102 Å². The maximum atomic E-state index is 13.0. The zero-order valence-corrected chi connectivity index (χ0v) is 21.7. The van der Waals surface area contributed by atoms with Crippen LogP contribution in [-0.4, -0.2) is 42.8 Å². The maximum Gasteiger partial charge on any atom is 0.328 e. The molecule has 0 unspecified atom stereocenters. The van der Waals surface area contributed by atoms with Gasteiger partial charge in [0.05, 0.1) is 0 Å². The number of Topliss-reactive ketones (excluding diaryl/α,β-unsaturated/α-hetero) is 1. The highest BCUT2D eigenvalue weighted by molar-refractivity contribution is 5.97. The summed E-state index contributed by atoms with van der Waals surface area (Å²) in [4.78, 5) is 52.0. The van der Waals surface area contributed by atoms with Crippen molar-refractivity contribution in [1.82, 2.24) is 5.32 Å². The molecular formula is C31H32N2O6.